The molecule has 0 radical (unpaired) electrons. The number of nitrogens with one attached hydrogen (secondary N) is 1. The van der Waals surface area contributed by atoms with Crippen molar-refractivity contribution in [1.82, 2.24) is 4.90 Å². The van der Waals surface area contributed by atoms with Crippen molar-refractivity contribution in [3.8, 4) is 5.75 Å². The third kappa shape index (κ3) is 4.22. The van der Waals surface area contributed by atoms with E-state index in [1.807, 2.05) is 61.2 Å². The van der Waals surface area contributed by atoms with E-state index in [-0.39, 0.29) is 24.2 Å². The number of rotatable bonds is 5. The van der Waals surface area contributed by atoms with E-state index in [9.17, 15) is 9.59 Å². The molecule has 2 aliphatic heterocycles. The second-order valence-corrected chi connectivity index (χ2v) is 7.53. The molecule has 0 bridgehead atoms. The Labute approximate surface area is 170 Å². The van der Waals surface area contributed by atoms with Crippen LogP contribution in [0.1, 0.15) is 29.3 Å². The summed E-state index contributed by atoms with van der Waals surface area (Å²) in [7, 11) is 0. The zero-order valence-electron chi connectivity index (χ0n) is 16.8. The van der Waals surface area contributed by atoms with E-state index in [4.69, 9.17) is 9.73 Å². The topological polar surface area (TPSA) is 71.0 Å². The number of carbonyl (C=O) groups excluding carboxylic acids is 2. The van der Waals surface area contributed by atoms with Crippen LogP contribution >= 0.6 is 0 Å². The lowest BCUT2D eigenvalue weighted by Crippen LogP contribution is -2.47. The molecule has 1 N–H and O–H groups in total. The highest BCUT2D eigenvalue weighted by molar-refractivity contribution is 6.18. The van der Waals surface area contributed by atoms with Gasteiger partial charge < -0.3 is 10.1 Å². The smallest absolute Gasteiger partial charge is 0.238 e. The van der Waals surface area contributed by atoms with Gasteiger partial charge in [0.25, 0.3) is 0 Å². The van der Waals surface area contributed by atoms with Crippen molar-refractivity contribution in [2.75, 3.05) is 31.6 Å². The van der Waals surface area contributed by atoms with Gasteiger partial charge in [0.15, 0.2) is 5.78 Å². The van der Waals surface area contributed by atoms with Crippen molar-refractivity contribution >= 4 is 28.8 Å². The van der Waals surface area contributed by atoms with Crippen molar-refractivity contribution in [2.45, 2.75) is 20.3 Å². The molecule has 6 heteroatoms. The molecule has 6 nitrogen and oxygen atoms in total. The summed E-state index contributed by atoms with van der Waals surface area (Å²) >= 11 is 0. The van der Waals surface area contributed by atoms with Gasteiger partial charge in [-0.15, -0.1) is 0 Å². The van der Waals surface area contributed by atoms with E-state index < -0.39 is 0 Å². The normalized spacial score (nSPS) is 18.5. The molecule has 1 unspecified atom stereocenters. The molecule has 1 saturated heterocycles. The van der Waals surface area contributed by atoms with Crippen LogP contribution in [-0.2, 0) is 4.79 Å². The van der Waals surface area contributed by atoms with Gasteiger partial charge in [-0.25, -0.2) is 0 Å². The van der Waals surface area contributed by atoms with Crippen molar-refractivity contribution in [2.24, 2.45) is 10.9 Å². The number of aliphatic imine (C=N–C) groups is 1. The van der Waals surface area contributed by atoms with Crippen LogP contribution in [0, 0.1) is 12.8 Å². The average Bonchev–Trinajstić information content (AvgIpc) is 2.71. The van der Waals surface area contributed by atoms with Gasteiger partial charge in [-0.05, 0) is 56.7 Å². The van der Waals surface area contributed by atoms with Gasteiger partial charge in [0.1, 0.15) is 5.75 Å². The summed E-state index contributed by atoms with van der Waals surface area (Å²) in [6.45, 7) is 6.02. The Morgan fingerprint density at radius 1 is 1.24 bits per heavy atom. The Hall–Kier alpha value is -2.99. The molecular formula is C23H25N3O3. The third-order valence-corrected chi connectivity index (χ3v) is 5.34. The van der Waals surface area contributed by atoms with E-state index >= 15 is 0 Å². The number of ether oxygens (including phenoxy) is 1. The number of benzene rings is 2. The first-order chi connectivity index (χ1) is 14.0. The van der Waals surface area contributed by atoms with Gasteiger partial charge in [-0.1, -0.05) is 11.6 Å². The summed E-state index contributed by atoms with van der Waals surface area (Å²) in [6.07, 6.45) is 0.708. The molecule has 1 fully saturated rings. The van der Waals surface area contributed by atoms with E-state index in [0.29, 0.717) is 25.1 Å². The van der Waals surface area contributed by atoms with Crippen molar-refractivity contribution in [3.63, 3.8) is 0 Å². The van der Waals surface area contributed by atoms with Gasteiger partial charge in [0.2, 0.25) is 5.91 Å². The molecule has 1 amide bonds. The Balaban J connectivity index is 1.38. The summed E-state index contributed by atoms with van der Waals surface area (Å²) in [4.78, 5) is 32.2. The van der Waals surface area contributed by atoms with Crippen LogP contribution in [0.15, 0.2) is 47.5 Å². The highest BCUT2D eigenvalue weighted by atomic mass is 16.5. The summed E-state index contributed by atoms with van der Waals surface area (Å²) in [5.41, 5.74) is 4.19. The SMILES string of the molecule is CCOc1ccc(NC(=O)CN2CCC3=Nc4ccc(C)cc4C(=O)C3C2)cc1. The molecule has 2 aromatic carbocycles. The lowest BCUT2D eigenvalue weighted by atomic mass is 9.84. The molecule has 0 spiro atoms. The highest BCUT2D eigenvalue weighted by Crippen LogP contribution is 2.32. The average molecular weight is 391 g/mol. The first-order valence-electron chi connectivity index (χ1n) is 10.0. The number of hydrogen-bond donors (Lipinski definition) is 1. The minimum atomic E-state index is -0.253. The molecule has 29 heavy (non-hydrogen) atoms. The number of anilines is 1. The Bertz CT molecular complexity index is 966. The van der Waals surface area contributed by atoms with Crippen LogP contribution in [-0.4, -0.2) is 48.5 Å². The fourth-order valence-electron chi connectivity index (χ4n) is 3.91. The van der Waals surface area contributed by atoms with E-state index in [1.54, 1.807) is 0 Å². The lowest BCUT2D eigenvalue weighted by molar-refractivity contribution is -0.117. The zero-order valence-corrected chi connectivity index (χ0v) is 16.8. The number of fused-ring (bicyclic) bond motifs is 2. The number of amides is 1. The molecule has 0 aliphatic carbocycles. The summed E-state index contributed by atoms with van der Waals surface area (Å²) in [6, 6.07) is 13.1. The second kappa shape index (κ2) is 8.17. The van der Waals surface area contributed by atoms with Gasteiger partial charge in [-0.2, -0.15) is 0 Å². The Morgan fingerprint density at radius 3 is 2.79 bits per heavy atom. The van der Waals surface area contributed by atoms with Gasteiger partial charge >= 0.3 is 0 Å². The van der Waals surface area contributed by atoms with E-state index in [2.05, 4.69) is 5.32 Å². The van der Waals surface area contributed by atoms with Crippen LogP contribution in [0.5, 0.6) is 5.75 Å². The van der Waals surface area contributed by atoms with Crippen LogP contribution < -0.4 is 10.1 Å². The molecule has 0 aromatic heterocycles. The summed E-state index contributed by atoms with van der Waals surface area (Å²) in [5.74, 6) is 0.551. The van der Waals surface area contributed by atoms with Gasteiger partial charge in [0, 0.05) is 30.1 Å². The number of piperidine rings is 1. The molecule has 2 heterocycles. The molecule has 2 aliphatic rings. The van der Waals surface area contributed by atoms with Crippen LogP contribution in [0.3, 0.4) is 0 Å². The van der Waals surface area contributed by atoms with E-state index in [1.165, 1.54) is 0 Å². The number of nitrogens with zero attached hydrogens (tertiary/aromatic N) is 2. The first kappa shape index (κ1) is 19.3. The van der Waals surface area contributed by atoms with Crippen LogP contribution in [0.2, 0.25) is 0 Å². The summed E-state index contributed by atoms with van der Waals surface area (Å²) < 4.78 is 5.42. The fraction of sp³-hybridized carbons (Fsp3) is 0.348. The van der Waals surface area contributed by atoms with Crippen LogP contribution in [0.25, 0.3) is 0 Å². The van der Waals surface area contributed by atoms with Crippen molar-refractivity contribution < 1.29 is 14.3 Å². The number of likely N-dealkylation sites (tertiary alicyclic amines) is 1. The molecule has 0 saturated carbocycles. The maximum absolute atomic E-state index is 13.0. The lowest BCUT2D eigenvalue weighted by Gasteiger charge is -2.34. The maximum atomic E-state index is 13.0. The van der Waals surface area contributed by atoms with Crippen LogP contribution in [0.4, 0.5) is 11.4 Å². The monoisotopic (exact) mass is 391 g/mol. The molecule has 4 rings (SSSR count). The van der Waals surface area contributed by atoms with Gasteiger partial charge in [0.05, 0.1) is 24.8 Å². The largest absolute Gasteiger partial charge is 0.494 e. The fourth-order valence-corrected chi connectivity index (χ4v) is 3.91. The summed E-state index contributed by atoms with van der Waals surface area (Å²) in [5, 5.41) is 2.91. The molecule has 1 atom stereocenters. The predicted octanol–water partition coefficient (Wildman–Crippen LogP) is 3.62. The maximum Gasteiger partial charge on any atom is 0.238 e. The first-order valence-corrected chi connectivity index (χ1v) is 10.0. The van der Waals surface area contributed by atoms with Crippen molar-refractivity contribution in [3.05, 3.63) is 53.6 Å². The number of ketones is 1. The highest BCUT2D eigenvalue weighted by Gasteiger charge is 2.36. The molecular weight excluding hydrogens is 366 g/mol. The number of carbonyl (C=O) groups is 2. The third-order valence-electron chi connectivity index (χ3n) is 5.34. The number of hydrogen-bond acceptors (Lipinski definition) is 5. The molecule has 2 aromatic rings. The van der Waals surface area contributed by atoms with Gasteiger partial charge in [-0.3, -0.25) is 19.5 Å². The Kier molecular flexibility index (Phi) is 5.45. The minimum absolute atomic E-state index is 0.0888. The predicted molar refractivity (Wildman–Crippen MR) is 113 cm³/mol. The number of aryl methyl sites for hydroxylation is 1. The standard InChI is InChI=1S/C23H25N3O3/c1-3-29-17-7-5-16(6-8-17)24-22(27)14-26-11-10-21-19(13-26)23(28)18-12-15(2)4-9-20(18)25-21/h4-9,12,19H,3,10-11,13-14H2,1-2H3,(H,24,27). The Morgan fingerprint density at radius 2 is 2.03 bits per heavy atom. The zero-order chi connectivity index (χ0) is 20.4. The second-order valence-electron chi connectivity index (χ2n) is 7.53. The van der Waals surface area contributed by atoms with E-state index in [0.717, 1.165) is 34.9 Å². The minimum Gasteiger partial charge on any atom is -0.494 e. The molecule has 150 valence electrons. The quantitative estimate of drug-likeness (QED) is 0.845. The van der Waals surface area contributed by atoms with Crippen molar-refractivity contribution in [1.29, 1.82) is 0 Å². The number of Topliss-reactive ketones (excluding diaryl/α,β-unsaturated/α-hetero) is 1.